The SMILES string of the molecule is C=Cc1c(OCC)c(SC)c2occc2c1O.CC(=O)O. The Morgan fingerprint density at radius 3 is 2.67 bits per heavy atom. The number of hydrogen-bond donors (Lipinski definition) is 2. The molecule has 2 N–H and O–H groups in total. The van der Waals surface area contributed by atoms with Gasteiger partial charge < -0.3 is 19.4 Å². The second kappa shape index (κ2) is 7.64. The first-order valence-electron chi connectivity index (χ1n) is 6.22. The van der Waals surface area contributed by atoms with E-state index in [-0.39, 0.29) is 5.75 Å². The van der Waals surface area contributed by atoms with Crippen LogP contribution in [0.15, 0.2) is 28.2 Å². The number of furan rings is 1. The van der Waals surface area contributed by atoms with E-state index in [0.29, 0.717) is 28.9 Å². The number of thioether (sulfide) groups is 1. The Balaban J connectivity index is 0.000000491. The van der Waals surface area contributed by atoms with E-state index < -0.39 is 5.97 Å². The fraction of sp³-hybridized carbons (Fsp3) is 0.267. The minimum absolute atomic E-state index is 0.157. The van der Waals surface area contributed by atoms with Crippen molar-refractivity contribution in [3.63, 3.8) is 0 Å². The van der Waals surface area contributed by atoms with Crippen molar-refractivity contribution >= 4 is 34.8 Å². The fourth-order valence-electron chi connectivity index (χ4n) is 1.81. The molecular weight excluding hydrogens is 292 g/mol. The normalized spacial score (nSPS) is 9.86. The average Bonchev–Trinajstić information content (AvgIpc) is 2.89. The lowest BCUT2D eigenvalue weighted by atomic mass is 10.1. The van der Waals surface area contributed by atoms with E-state index in [9.17, 15) is 5.11 Å². The summed E-state index contributed by atoms with van der Waals surface area (Å²) in [5.41, 5.74) is 1.27. The van der Waals surface area contributed by atoms with Crippen molar-refractivity contribution in [1.82, 2.24) is 0 Å². The van der Waals surface area contributed by atoms with E-state index in [4.69, 9.17) is 19.1 Å². The number of rotatable bonds is 4. The Labute approximate surface area is 127 Å². The summed E-state index contributed by atoms with van der Waals surface area (Å²) >= 11 is 1.53. The van der Waals surface area contributed by atoms with Crippen LogP contribution >= 0.6 is 11.8 Å². The summed E-state index contributed by atoms with van der Waals surface area (Å²) in [6.07, 6.45) is 5.11. The second-order valence-corrected chi connectivity index (χ2v) is 4.76. The lowest BCUT2D eigenvalue weighted by Gasteiger charge is -2.14. The molecule has 1 aromatic carbocycles. The van der Waals surface area contributed by atoms with Crippen LogP contribution in [0.2, 0.25) is 0 Å². The predicted octanol–water partition coefficient (Wildman–Crippen LogP) is 3.99. The maximum absolute atomic E-state index is 10.1. The van der Waals surface area contributed by atoms with Gasteiger partial charge in [0.25, 0.3) is 5.97 Å². The largest absolute Gasteiger partial charge is 0.506 e. The summed E-state index contributed by atoms with van der Waals surface area (Å²) in [5.74, 6) is -0.0417. The van der Waals surface area contributed by atoms with Crippen LogP contribution in [0.3, 0.4) is 0 Å². The van der Waals surface area contributed by atoms with Crippen molar-refractivity contribution in [2.75, 3.05) is 12.9 Å². The third kappa shape index (κ3) is 3.72. The first kappa shape index (κ1) is 17.0. The van der Waals surface area contributed by atoms with Gasteiger partial charge in [-0.15, -0.1) is 11.8 Å². The number of aliphatic carboxylic acids is 1. The molecule has 0 aliphatic heterocycles. The zero-order valence-corrected chi connectivity index (χ0v) is 13.0. The third-order valence-corrected chi connectivity index (χ3v) is 3.31. The highest BCUT2D eigenvalue weighted by Gasteiger charge is 2.20. The molecule has 2 rings (SSSR count). The Morgan fingerprint density at radius 2 is 2.19 bits per heavy atom. The summed E-state index contributed by atoms with van der Waals surface area (Å²) in [6.45, 7) is 7.24. The molecule has 6 heteroatoms. The lowest BCUT2D eigenvalue weighted by molar-refractivity contribution is -0.134. The highest BCUT2D eigenvalue weighted by Crippen LogP contribution is 2.45. The molecule has 1 heterocycles. The maximum atomic E-state index is 10.1. The van der Waals surface area contributed by atoms with Gasteiger partial charge in [-0.2, -0.15) is 0 Å². The molecule has 0 atom stereocenters. The molecule has 0 radical (unpaired) electrons. The molecular formula is C15H18O5S. The highest BCUT2D eigenvalue weighted by atomic mass is 32.2. The first-order valence-corrected chi connectivity index (χ1v) is 7.45. The lowest BCUT2D eigenvalue weighted by Crippen LogP contribution is -1.97. The Morgan fingerprint density at radius 1 is 1.57 bits per heavy atom. The van der Waals surface area contributed by atoms with Crippen LogP contribution in [-0.2, 0) is 4.79 Å². The molecule has 0 fully saturated rings. The van der Waals surface area contributed by atoms with Crippen molar-refractivity contribution in [2.45, 2.75) is 18.7 Å². The van der Waals surface area contributed by atoms with Gasteiger partial charge in [0.1, 0.15) is 11.5 Å². The van der Waals surface area contributed by atoms with Crippen molar-refractivity contribution in [3.8, 4) is 11.5 Å². The number of carboxylic acid groups (broad SMARTS) is 1. The van der Waals surface area contributed by atoms with Crippen molar-refractivity contribution in [3.05, 3.63) is 24.5 Å². The standard InChI is InChI=1S/C13H14O3S.C2H4O2/c1-4-8-10(14)9-6-7-16-12(9)13(17-3)11(8)15-5-2;1-2(3)4/h4,6-7,14H,1,5H2,2-3H3;1H3,(H,3,4). The number of fused-ring (bicyclic) bond motifs is 1. The Bertz CT molecular complexity index is 641. The number of benzene rings is 1. The maximum Gasteiger partial charge on any atom is 0.300 e. The summed E-state index contributed by atoms with van der Waals surface area (Å²) in [7, 11) is 0. The smallest absolute Gasteiger partial charge is 0.300 e. The summed E-state index contributed by atoms with van der Waals surface area (Å²) in [6, 6.07) is 1.74. The minimum Gasteiger partial charge on any atom is -0.506 e. The monoisotopic (exact) mass is 310 g/mol. The fourth-order valence-corrected chi connectivity index (χ4v) is 2.51. The number of hydrogen-bond acceptors (Lipinski definition) is 5. The third-order valence-electron chi connectivity index (χ3n) is 2.53. The number of carbonyl (C=O) groups is 1. The number of aromatic hydroxyl groups is 1. The number of ether oxygens (including phenoxy) is 1. The van der Waals surface area contributed by atoms with E-state index in [2.05, 4.69) is 6.58 Å². The van der Waals surface area contributed by atoms with Crippen LogP contribution < -0.4 is 4.74 Å². The van der Waals surface area contributed by atoms with E-state index in [1.807, 2.05) is 13.2 Å². The topological polar surface area (TPSA) is 79.9 Å². The molecule has 21 heavy (non-hydrogen) atoms. The molecule has 2 aromatic rings. The summed E-state index contributed by atoms with van der Waals surface area (Å²) < 4.78 is 11.0. The van der Waals surface area contributed by atoms with Crippen LogP contribution in [0.1, 0.15) is 19.4 Å². The molecule has 0 saturated carbocycles. The van der Waals surface area contributed by atoms with Crippen LogP contribution in [-0.4, -0.2) is 29.0 Å². The number of phenolic OH excluding ortho intramolecular Hbond substituents is 1. The van der Waals surface area contributed by atoms with E-state index in [1.165, 1.54) is 11.8 Å². The van der Waals surface area contributed by atoms with Crippen molar-refractivity contribution < 1.29 is 24.2 Å². The van der Waals surface area contributed by atoms with Gasteiger partial charge in [-0.3, -0.25) is 4.79 Å². The second-order valence-electron chi connectivity index (χ2n) is 3.94. The van der Waals surface area contributed by atoms with Gasteiger partial charge in [0.2, 0.25) is 0 Å². The van der Waals surface area contributed by atoms with Gasteiger partial charge >= 0.3 is 0 Å². The number of carboxylic acids is 1. The molecule has 114 valence electrons. The van der Waals surface area contributed by atoms with E-state index in [1.54, 1.807) is 18.4 Å². The molecule has 0 unspecified atom stereocenters. The predicted molar refractivity (Wildman–Crippen MR) is 84.2 cm³/mol. The molecule has 0 spiro atoms. The van der Waals surface area contributed by atoms with Crippen LogP contribution in [0.4, 0.5) is 0 Å². The molecule has 1 aromatic heterocycles. The molecule has 0 aliphatic carbocycles. The molecule has 0 amide bonds. The van der Waals surface area contributed by atoms with Crippen LogP contribution in [0.25, 0.3) is 17.0 Å². The van der Waals surface area contributed by atoms with Crippen molar-refractivity contribution in [2.24, 2.45) is 0 Å². The van der Waals surface area contributed by atoms with Crippen LogP contribution in [0, 0.1) is 0 Å². The Kier molecular flexibility index (Phi) is 6.17. The molecule has 0 saturated heterocycles. The van der Waals surface area contributed by atoms with Gasteiger partial charge in [0.15, 0.2) is 5.58 Å². The summed E-state index contributed by atoms with van der Waals surface area (Å²) in [4.78, 5) is 9.89. The first-order chi connectivity index (χ1) is 9.97. The van der Waals surface area contributed by atoms with E-state index >= 15 is 0 Å². The van der Waals surface area contributed by atoms with Gasteiger partial charge in [-0.05, 0) is 19.2 Å². The Hall–Kier alpha value is -2.08. The van der Waals surface area contributed by atoms with Crippen molar-refractivity contribution in [1.29, 1.82) is 0 Å². The zero-order valence-electron chi connectivity index (χ0n) is 12.2. The van der Waals surface area contributed by atoms with Gasteiger partial charge in [-0.25, -0.2) is 0 Å². The van der Waals surface area contributed by atoms with Crippen LogP contribution in [0.5, 0.6) is 11.5 Å². The number of phenols is 1. The minimum atomic E-state index is -0.833. The molecule has 5 nitrogen and oxygen atoms in total. The average molecular weight is 310 g/mol. The zero-order chi connectivity index (χ0) is 16.0. The highest BCUT2D eigenvalue weighted by molar-refractivity contribution is 7.99. The molecule has 0 aliphatic rings. The van der Waals surface area contributed by atoms with Gasteiger partial charge in [0, 0.05) is 6.92 Å². The van der Waals surface area contributed by atoms with Gasteiger partial charge in [-0.1, -0.05) is 12.7 Å². The quantitative estimate of drug-likeness (QED) is 0.831. The molecule has 0 bridgehead atoms. The van der Waals surface area contributed by atoms with E-state index in [0.717, 1.165) is 11.8 Å². The summed E-state index contributed by atoms with van der Waals surface area (Å²) in [5, 5.41) is 18.2. The van der Waals surface area contributed by atoms with Gasteiger partial charge in [0.05, 0.1) is 28.7 Å².